The Labute approximate surface area is 206 Å². The van der Waals surface area contributed by atoms with E-state index in [1.807, 2.05) is 43.3 Å². The summed E-state index contributed by atoms with van der Waals surface area (Å²) in [5.74, 6) is 0.00694. The van der Waals surface area contributed by atoms with Gasteiger partial charge in [0.25, 0.3) is 11.5 Å². The molecule has 1 aliphatic heterocycles. The highest BCUT2D eigenvalue weighted by molar-refractivity contribution is 8.26. The van der Waals surface area contributed by atoms with Crippen molar-refractivity contribution >= 4 is 51.7 Å². The molecule has 0 bridgehead atoms. The largest absolute Gasteiger partial charge is 0.387 e. The number of aliphatic hydroxyl groups excluding tert-OH is 1. The van der Waals surface area contributed by atoms with Crippen LogP contribution in [-0.2, 0) is 9.53 Å². The number of amides is 1. The molecule has 1 saturated heterocycles. The summed E-state index contributed by atoms with van der Waals surface area (Å²) in [4.78, 5) is 32.8. The fourth-order valence-corrected chi connectivity index (χ4v) is 4.86. The van der Waals surface area contributed by atoms with Gasteiger partial charge in [0.15, 0.2) is 0 Å². The van der Waals surface area contributed by atoms with E-state index in [1.165, 1.54) is 15.4 Å². The number of pyridine rings is 1. The van der Waals surface area contributed by atoms with Gasteiger partial charge in [0.05, 0.1) is 29.7 Å². The molecule has 34 heavy (non-hydrogen) atoms. The van der Waals surface area contributed by atoms with Crippen LogP contribution in [0.25, 0.3) is 11.7 Å². The lowest BCUT2D eigenvalue weighted by atomic mass is 10.1. The molecule has 1 fully saturated rings. The van der Waals surface area contributed by atoms with E-state index < -0.39 is 6.10 Å². The van der Waals surface area contributed by atoms with Gasteiger partial charge in [-0.25, -0.2) is 4.98 Å². The number of anilines is 1. The summed E-state index contributed by atoms with van der Waals surface area (Å²) in [6, 6.07) is 12.9. The number of hydrogen-bond donors (Lipinski definition) is 2. The molecule has 8 nitrogen and oxygen atoms in total. The third-order valence-corrected chi connectivity index (χ3v) is 6.78. The Morgan fingerprint density at radius 1 is 1.24 bits per heavy atom. The van der Waals surface area contributed by atoms with Gasteiger partial charge in [-0.05, 0) is 30.2 Å². The van der Waals surface area contributed by atoms with Crippen LogP contribution in [-0.4, -0.2) is 56.4 Å². The minimum Gasteiger partial charge on any atom is -0.387 e. The predicted octanol–water partition coefficient (Wildman–Crippen LogP) is 3.00. The van der Waals surface area contributed by atoms with Crippen LogP contribution in [0, 0.1) is 6.92 Å². The van der Waals surface area contributed by atoms with Crippen molar-refractivity contribution in [3.05, 3.63) is 80.6 Å². The van der Waals surface area contributed by atoms with Gasteiger partial charge >= 0.3 is 0 Å². The number of rotatable bonds is 8. The van der Waals surface area contributed by atoms with Gasteiger partial charge < -0.3 is 15.2 Å². The number of methoxy groups -OCH3 is 1. The molecule has 0 radical (unpaired) electrons. The number of nitrogens with zero attached hydrogens (tertiary/aromatic N) is 3. The summed E-state index contributed by atoms with van der Waals surface area (Å²) in [5.41, 5.74) is 1.95. The summed E-state index contributed by atoms with van der Waals surface area (Å²) in [6.07, 6.45) is 2.35. The van der Waals surface area contributed by atoms with E-state index in [0.29, 0.717) is 28.0 Å². The quantitative estimate of drug-likeness (QED) is 0.363. The lowest BCUT2D eigenvalue weighted by molar-refractivity contribution is -0.122. The summed E-state index contributed by atoms with van der Waals surface area (Å²) < 4.78 is 6.92. The molecule has 0 spiro atoms. The topological polar surface area (TPSA) is 96.2 Å². The molecule has 3 heterocycles. The second-order valence-corrected chi connectivity index (χ2v) is 9.37. The number of hydrogen-bond acceptors (Lipinski definition) is 8. The number of carbonyl (C=O) groups is 1. The number of aromatic nitrogens is 2. The van der Waals surface area contributed by atoms with Gasteiger partial charge in [0, 0.05) is 19.9 Å². The highest BCUT2D eigenvalue weighted by atomic mass is 32.2. The SMILES string of the molecule is COCCN1C(=O)/C(=C\c2c(NCC(O)c3ccccc3)nc3c(C)cccn3c2=O)SC1=S. The van der Waals surface area contributed by atoms with Gasteiger partial charge in [-0.2, -0.15) is 0 Å². The van der Waals surface area contributed by atoms with Gasteiger partial charge in [0.2, 0.25) is 0 Å². The molecule has 1 aromatic carbocycles. The third-order valence-electron chi connectivity index (χ3n) is 5.40. The van der Waals surface area contributed by atoms with Crippen LogP contribution >= 0.6 is 24.0 Å². The number of thiocarbonyl (C=S) groups is 1. The molecule has 1 amide bonds. The lowest BCUT2D eigenvalue weighted by Gasteiger charge is -2.15. The minimum absolute atomic E-state index is 0.133. The van der Waals surface area contributed by atoms with Crippen molar-refractivity contribution in [1.29, 1.82) is 0 Å². The first-order valence-electron chi connectivity index (χ1n) is 10.6. The van der Waals surface area contributed by atoms with Crippen LogP contribution in [0.15, 0.2) is 58.4 Å². The number of aryl methyl sites for hydroxylation is 1. The minimum atomic E-state index is -0.807. The molecule has 10 heteroatoms. The molecule has 2 aromatic heterocycles. The second-order valence-electron chi connectivity index (χ2n) is 7.70. The Morgan fingerprint density at radius 2 is 2.00 bits per heavy atom. The molecule has 3 aromatic rings. The molecule has 1 atom stereocenters. The second kappa shape index (κ2) is 10.5. The summed E-state index contributed by atoms with van der Waals surface area (Å²) in [7, 11) is 1.55. The van der Waals surface area contributed by atoms with Crippen LogP contribution < -0.4 is 10.9 Å². The average molecular weight is 497 g/mol. The standard InChI is InChI=1S/C24H24N4O4S2/c1-15-7-6-10-27-21(15)26-20(25-14-18(29)16-8-4-3-5-9-16)17(22(27)30)13-19-23(31)28(11-12-32-2)24(33)34-19/h3-10,13,18,25,29H,11-12,14H2,1-2H3/b19-13+. The van der Waals surface area contributed by atoms with Gasteiger partial charge in [0.1, 0.15) is 15.8 Å². The molecule has 176 valence electrons. The first-order valence-corrected chi connectivity index (χ1v) is 11.9. The number of fused-ring (bicyclic) bond motifs is 1. The van der Waals surface area contributed by atoms with E-state index in [0.717, 1.165) is 22.9 Å². The maximum atomic E-state index is 13.4. The zero-order valence-corrected chi connectivity index (χ0v) is 20.4. The van der Waals surface area contributed by atoms with Gasteiger partial charge in [-0.1, -0.05) is 60.4 Å². The molecule has 1 unspecified atom stereocenters. The van der Waals surface area contributed by atoms with Crippen molar-refractivity contribution in [2.24, 2.45) is 0 Å². The van der Waals surface area contributed by atoms with Crippen LogP contribution in [0.2, 0.25) is 0 Å². The van der Waals surface area contributed by atoms with E-state index >= 15 is 0 Å². The number of carbonyl (C=O) groups excluding carboxylic acids is 1. The number of benzene rings is 1. The van der Waals surface area contributed by atoms with Crippen LogP contribution in [0.1, 0.15) is 22.8 Å². The molecular formula is C24H24N4O4S2. The smallest absolute Gasteiger partial charge is 0.267 e. The average Bonchev–Trinajstić information content (AvgIpc) is 3.11. The first kappa shape index (κ1) is 24.1. The Bertz CT molecular complexity index is 1320. The number of ether oxygens (including phenoxy) is 1. The maximum Gasteiger partial charge on any atom is 0.267 e. The van der Waals surface area contributed by atoms with Crippen molar-refractivity contribution in [2.45, 2.75) is 13.0 Å². The number of thioether (sulfide) groups is 1. The van der Waals surface area contributed by atoms with Crippen molar-refractivity contribution in [3.63, 3.8) is 0 Å². The summed E-state index contributed by atoms with van der Waals surface area (Å²) >= 11 is 6.48. The zero-order valence-electron chi connectivity index (χ0n) is 18.7. The fourth-order valence-electron chi connectivity index (χ4n) is 3.57. The Hall–Kier alpha value is -3.05. The molecule has 0 aliphatic carbocycles. The first-order chi connectivity index (χ1) is 16.4. The maximum absolute atomic E-state index is 13.4. The Kier molecular flexibility index (Phi) is 7.42. The summed E-state index contributed by atoms with van der Waals surface area (Å²) in [6.45, 7) is 2.68. The van der Waals surface area contributed by atoms with Gasteiger partial charge in [-0.15, -0.1) is 0 Å². The normalized spacial score (nSPS) is 16.0. The van der Waals surface area contributed by atoms with E-state index in [9.17, 15) is 14.7 Å². The highest BCUT2D eigenvalue weighted by Gasteiger charge is 2.32. The fraction of sp³-hybridized carbons (Fsp3) is 0.250. The van der Waals surface area contributed by atoms with Crippen LogP contribution in [0.3, 0.4) is 0 Å². The number of nitrogens with one attached hydrogen (secondary N) is 1. The Balaban J connectivity index is 1.74. The molecule has 1 aliphatic rings. The van der Waals surface area contributed by atoms with Crippen LogP contribution in [0.5, 0.6) is 0 Å². The van der Waals surface area contributed by atoms with E-state index in [1.54, 1.807) is 19.4 Å². The monoisotopic (exact) mass is 496 g/mol. The van der Waals surface area contributed by atoms with E-state index in [2.05, 4.69) is 10.3 Å². The molecule has 2 N–H and O–H groups in total. The Morgan fingerprint density at radius 3 is 2.74 bits per heavy atom. The van der Waals surface area contributed by atoms with E-state index in [4.69, 9.17) is 17.0 Å². The van der Waals surface area contributed by atoms with Gasteiger partial charge in [-0.3, -0.25) is 18.9 Å². The van der Waals surface area contributed by atoms with Crippen molar-refractivity contribution in [2.75, 3.05) is 32.1 Å². The van der Waals surface area contributed by atoms with Crippen LogP contribution in [0.4, 0.5) is 5.82 Å². The zero-order chi connectivity index (χ0) is 24.2. The summed E-state index contributed by atoms with van der Waals surface area (Å²) in [5, 5.41) is 13.7. The van der Waals surface area contributed by atoms with E-state index in [-0.39, 0.29) is 29.4 Å². The molecule has 4 rings (SSSR count). The molecule has 0 saturated carbocycles. The highest BCUT2D eigenvalue weighted by Crippen LogP contribution is 2.33. The predicted molar refractivity (Wildman–Crippen MR) is 138 cm³/mol. The number of aliphatic hydroxyl groups is 1. The van der Waals surface area contributed by atoms with Crippen molar-refractivity contribution < 1.29 is 14.6 Å². The third kappa shape index (κ3) is 4.90. The lowest BCUT2D eigenvalue weighted by Crippen LogP contribution is -2.31. The van der Waals surface area contributed by atoms with Crippen molar-refractivity contribution in [3.8, 4) is 0 Å². The van der Waals surface area contributed by atoms with Crippen molar-refractivity contribution in [1.82, 2.24) is 14.3 Å². The molecular weight excluding hydrogens is 472 g/mol.